The van der Waals surface area contributed by atoms with Crippen LogP contribution in [0.1, 0.15) is 27.7 Å². The van der Waals surface area contributed by atoms with Crippen molar-refractivity contribution in [2.75, 3.05) is 0 Å². The first-order valence-electron chi connectivity index (χ1n) is 6.08. The number of halogens is 1. The van der Waals surface area contributed by atoms with E-state index in [1.54, 1.807) is 0 Å². The van der Waals surface area contributed by atoms with Gasteiger partial charge in [0, 0.05) is 5.46 Å². The first-order chi connectivity index (χ1) is 8.82. The molecule has 2 heterocycles. The minimum absolute atomic E-state index is 0.379. The second kappa shape index (κ2) is 4.15. The van der Waals surface area contributed by atoms with Crippen molar-refractivity contribution in [2.24, 2.45) is 0 Å². The van der Waals surface area contributed by atoms with Gasteiger partial charge < -0.3 is 9.31 Å². The number of hydrogen-bond acceptors (Lipinski definition) is 5. The molecule has 19 heavy (non-hydrogen) atoms. The summed E-state index contributed by atoms with van der Waals surface area (Å²) in [4.78, 5) is 0. The van der Waals surface area contributed by atoms with Crippen molar-refractivity contribution in [3.63, 3.8) is 0 Å². The fourth-order valence-electron chi connectivity index (χ4n) is 1.99. The molecule has 0 aliphatic carbocycles. The summed E-state index contributed by atoms with van der Waals surface area (Å²) in [5.41, 5.74) is 1.56. The molecular weight excluding hydrogens is 282 g/mol. The Hall–Kier alpha value is -0.685. The molecule has 0 amide bonds. The molecule has 1 aromatic carbocycles. The summed E-state index contributed by atoms with van der Waals surface area (Å²) in [5.74, 6) is 0. The van der Waals surface area contributed by atoms with E-state index in [1.807, 2.05) is 39.8 Å². The molecule has 0 atom stereocenters. The van der Waals surface area contributed by atoms with Gasteiger partial charge in [0.25, 0.3) is 0 Å². The molecular formula is C12H14BClN2O2S. The molecule has 1 saturated heterocycles. The van der Waals surface area contributed by atoms with Crippen molar-refractivity contribution in [3.05, 3.63) is 17.2 Å². The van der Waals surface area contributed by atoms with E-state index in [2.05, 4.69) is 8.75 Å². The van der Waals surface area contributed by atoms with E-state index < -0.39 is 7.12 Å². The van der Waals surface area contributed by atoms with Gasteiger partial charge in [-0.3, -0.25) is 0 Å². The van der Waals surface area contributed by atoms with Gasteiger partial charge in [-0.1, -0.05) is 17.7 Å². The fourth-order valence-corrected chi connectivity index (χ4v) is 2.87. The van der Waals surface area contributed by atoms with Crippen molar-refractivity contribution < 1.29 is 9.31 Å². The van der Waals surface area contributed by atoms with Gasteiger partial charge in [-0.05, 0) is 33.8 Å². The highest BCUT2D eigenvalue weighted by Gasteiger charge is 2.52. The first-order valence-corrected chi connectivity index (χ1v) is 7.19. The molecule has 0 saturated carbocycles. The van der Waals surface area contributed by atoms with Crippen LogP contribution in [0.4, 0.5) is 0 Å². The third-order valence-corrected chi connectivity index (χ3v) is 4.84. The second-order valence-corrected chi connectivity index (χ2v) is 6.60. The molecule has 7 heteroatoms. The standard InChI is InChI=1S/C12H14BClN2O2S/c1-11(2)12(3,4)18-13(17-11)7-5-6-8-10(9(7)14)16-19-15-8/h5-6H,1-4H3. The highest BCUT2D eigenvalue weighted by molar-refractivity contribution is 7.00. The number of rotatable bonds is 1. The van der Waals surface area contributed by atoms with Gasteiger partial charge in [0.2, 0.25) is 0 Å². The average Bonchev–Trinajstić information content (AvgIpc) is 2.83. The summed E-state index contributed by atoms with van der Waals surface area (Å²) in [5, 5.41) is 0.560. The first kappa shape index (κ1) is 13.3. The Morgan fingerprint density at radius 2 is 1.74 bits per heavy atom. The monoisotopic (exact) mass is 296 g/mol. The van der Waals surface area contributed by atoms with E-state index in [0.717, 1.165) is 22.7 Å². The Bertz CT molecular complexity index is 628. The topological polar surface area (TPSA) is 44.2 Å². The van der Waals surface area contributed by atoms with Crippen LogP contribution in [0.5, 0.6) is 0 Å². The summed E-state index contributed by atoms with van der Waals surface area (Å²) in [6.07, 6.45) is 0. The maximum Gasteiger partial charge on any atom is 0.496 e. The van der Waals surface area contributed by atoms with Crippen LogP contribution in [0.15, 0.2) is 12.1 Å². The lowest BCUT2D eigenvalue weighted by atomic mass is 9.79. The lowest BCUT2D eigenvalue weighted by molar-refractivity contribution is 0.00578. The molecule has 2 aromatic rings. The number of hydrogen-bond donors (Lipinski definition) is 0. The van der Waals surface area contributed by atoms with Crippen LogP contribution in [0.2, 0.25) is 5.02 Å². The third kappa shape index (κ3) is 1.98. The van der Waals surface area contributed by atoms with Crippen LogP contribution in [0.25, 0.3) is 11.0 Å². The van der Waals surface area contributed by atoms with E-state index in [9.17, 15) is 0 Å². The van der Waals surface area contributed by atoms with E-state index in [0.29, 0.717) is 10.5 Å². The van der Waals surface area contributed by atoms with Crippen LogP contribution in [0.3, 0.4) is 0 Å². The Morgan fingerprint density at radius 1 is 1.11 bits per heavy atom. The molecule has 0 radical (unpaired) electrons. The molecule has 1 aliphatic rings. The zero-order valence-electron chi connectivity index (χ0n) is 11.2. The Morgan fingerprint density at radius 3 is 2.37 bits per heavy atom. The summed E-state index contributed by atoms with van der Waals surface area (Å²) >= 11 is 7.55. The second-order valence-electron chi connectivity index (χ2n) is 5.69. The zero-order valence-corrected chi connectivity index (χ0v) is 12.8. The third-order valence-electron chi connectivity index (χ3n) is 3.90. The molecule has 1 aromatic heterocycles. The number of benzene rings is 1. The Labute approximate surface area is 121 Å². The Balaban J connectivity index is 2.04. The van der Waals surface area contributed by atoms with Gasteiger partial charge in [-0.2, -0.15) is 8.75 Å². The van der Waals surface area contributed by atoms with Crippen LogP contribution >= 0.6 is 23.3 Å². The molecule has 1 aliphatic heterocycles. The van der Waals surface area contributed by atoms with E-state index in [-0.39, 0.29) is 11.2 Å². The van der Waals surface area contributed by atoms with Gasteiger partial charge >= 0.3 is 7.12 Å². The van der Waals surface area contributed by atoms with Gasteiger partial charge in [-0.15, -0.1) is 0 Å². The van der Waals surface area contributed by atoms with E-state index >= 15 is 0 Å². The fraction of sp³-hybridized carbons (Fsp3) is 0.500. The van der Waals surface area contributed by atoms with Crippen molar-refractivity contribution >= 4 is 46.9 Å². The van der Waals surface area contributed by atoms with Gasteiger partial charge in [0.05, 0.1) is 28.0 Å². The predicted molar refractivity (Wildman–Crippen MR) is 78.1 cm³/mol. The van der Waals surface area contributed by atoms with Crippen LogP contribution in [0, 0.1) is 0 Å². The van der Waals surface area contributed by atoms with E-state index in [4.69, 9.17) is 20.9 Å². The minimum atomic E-state index is -0.469. The lowest BCUT2D eigenvalue weighted by Gasteiger charge is -2.32. The highest BCUT2D eigenvalue weighted by Crippen LogP contribution is 2.37. The molecule has 0 unspecified atom stereocenters. The molecule has 1 fully saturated rings. The van der Waals surface area contributed by atoms with E-state index in [1.165, 1.54) is 0 Å². The lowest BCUT2D eigenvalue weighted by Crippen LogP contribution is -2.41. The average molecular weight is 297 g/mol. The summed E-state index contributed by atoms with van der Waals surface area (Å²) in [7, 11) is -0.469. The van der Waals surface area contributed by atoms with Crippen LogP contribution in [-0.4, -0.2) is 27.1 Å². The van der Waals surface area contributed by atoms with Gasteiger partial charge in [0.1, 0.15) is 11.0 Å². The van der Waals surface area contributed by atoms with Gasteiger partial charge in [0.15, 0.2) is 0 Å². The van der Waals surface area contributed by atoms with Crippen molar-refractivity contribution in [2.45, 2.75) is 38.9 Å². The number of nitrogens with zero attached hydrogens (tertiary/aromatic N) is 2. The molecule has 3 rings (SSSR count). The Kier molecular flexibility index (Phi) is 2.91. The summed E-state index contributed by atoms with van der Waals surface area (Å²) in [6, 6.07) is 3.79. The minimum Gasteiger partial charge on any atom is -0.399 e. The summed E-state index contributed by atoms with van der Waals surface area (Å²) < 4.78 is 20.4. The predicted octanol–water partition coefficient (Wildman–Crippen LogP) is 2.64. The SMILES string of the molecule is CC1(C)OB(c2ccc3nsnc3c2Cl)OC1(C)C. The number of fused-ring (bicyclic) bond motifs is 1. The molecule has 0 spiro atoms. The maximum absolute atomic E-state index is 6.39. The molecule has 4 nitrogen and oxygen atoms in total. The summed E-state index contributed by atoms with van der Waals surface area (Å²) in [6.45, 7) is 8.07. The largest absolute Gasteiger partial charge is 0.496 e. The van der Waals surface area contributed by atoms with Crippen molar-refractivity contribution in [1.82, 2.24) is 8.75 Å². The quantitative estimate of drug-likeness (QED) is 0.759. The normalized spacial score (nSPS) is 21.2. The van der Waals surface area contributed by atoms with Crippen LogP contribution < -0.4 is 5.46 Å². The van der Waals surface area contributed by atoms with Gasteiger partial charge in [-0.25, -0.2) is 0 Å². The maximum atomic E-state index is 6.39. The highest BCUT2D eigenvalue weighted by atomic mass is 35.5. The molecule has 0 bridgehead atoms. The van der Waals surface area contributed by atoms with Crippen molar-refractivity contribution in [3.8, 4) is 0 Å². The zero-order chi connectivity index (χ0) is 13.8. The number of aromatic nitrogens is 2. The smallest absolute Gasteiger partial charge is 0.399 e. The molecule has 0 N–H and O–H groups in total. The van der Waals surface area contributed by atoms with Crippen LogP contribution in [-0.2, 0) is 9.31 Å². The molecule has 100 valence electrons. The van der Waals surface area contributed by atoms with Crippen molar-refractivity contribution in [1.29, 1.82) is 0 Å².